The minimum Gasteiger partial charge on any atom is -0.409 e. The average Bonchev–Trinajstić information content (AvgIpc) is 2.86. The van der Waals surface area contributed by atoms with Crippen LogP contribution in [0.5, 0.6) is 0 Å². The number of nitrogens with two attached hydrogens (primary N) is 1. The second kappa shape index (κ2) is 6.04. The number of amides is 1. The highest BCUT2D eigenvalue weighted by Crippen LogP contribution is 2.18. The summed E-state index contributed by atoms with van der Waals surface area (Å²) < 4.78 is 0. The van der Waals surface area contributed by atoms with Gasteiger partial charge in [-0.15, -0.1) is 0 Å². The highest BCUT2D eigenvalue weighted by Gasteiger charge is 2.35. The van der Waals surface area contributed by atoms with Crippen LogP contribution in [-0.4, -0.2) is 60.0 Å². The van der Waals surface area contributed by atoms with Gasteiger partial charge < -0.3 is 20.7 Å². The lowest BCUT2D eigenvalue weighted by Gasteiger charge is -2.29. The van der Waals surface area contributed by atoms with E-state index in [4.69, 9.17) is 10.9 Å². The third kappa shape index (κ3) is 3.35. The predicted molar refractivity (Wildman–Crippen MR) is 70.5 cm³/mol. The van der Waals surface area contributed by atoms with Gasteiger partial charge in [-0.2, -0.15) is 0 Å². The second-order valence-electron chi connectivity index (χ2n) is 5.39. The number of carbonyl (C=O) groups excluding carboxylic acids is 1. The third-order valence-electron chi connectivity index (χ3n) is 3.58. The zero-order valence-corrected chi connectivity index (χ0v) is 11.5. The Balaban J connectivity index is 2.49. The summed E-state index contributed by atoms with van der Waals surface area (Å²) in [6.45, 7) is 7.11. The van der Waals surface area contributed by atoms with Gasteiger partial charge >= 0.3 is 0 Å². The van der Waals surface area contributed by atoms with E-state index in [-0.39, 0.29) is 11.7 Å². The summed E-state index contributed by atoms with van der Waals surface area (Å²) in [7, 11) is 1.75. The maximum atomic E-state index is 12.2. The number of rotatable bonds is 5. The van der Waals surface area contributed by atoms with Crippen molar-refractivity contribution in [3.8, 4) is 0 Å². The number of hydrogen-bond acceptors (Lipinski definition) is 4. The number of nitrogens with zero attached hydrogens (tertiary/aromatic N) is 3. The van der Waals surface area contributed by atoms with Crippen LogP contribution in [0.15, 0.2) is 5.16 Å². The molecular weight excluding hydrogens is 232 g/mol. The Labute approximate surface area is 108 Å². The van der Waals surface area contributed by atoms with Crippen LogP contribution in [0.3, 0.4) is 0 Å². The minimum atomic E-state index is -0.964. The van der Waals surface area contributed by atoms with Crippen molar-refractivity contribution < 1.29 is 10.0 Å². The molecule has 6 heteroatoms. The molecule has 0 unspecified atom stereocenters. The Kier molecular flexibility index (Phi) is 4.95. The van der Waals surface area contributed by atoms with Gasteiger partial charge in [-0.3, -0.25) is 4.79 Å². The largest absolute Gasteiger partial charge is 0.409 e. The van der Waals surface area contributed by atoms with Crippen molar-refractivity contribution >= 4 is 11.7 Å². The van der Waals surface area contributed by atoms with Crippen molar-refractivity contribution in [1.82, 2.24) is 9.80 Å². The van der Waals surface area contributed by atoms with Crippen LogP contribution >= 0.6 is 0 Å². The molecular formula is C12H24N4O2. The summed E-state index contributed by atoms with van der Waals surface area (Å²) in [6, 6.07) is 0. The van der Waals surface area contributed by atoms with E-state index >= 15 is 0 Å². The molecule has 0 aliphatic carbocycles. The smallest absolute Gasteiger partial charge is 0.235 e. The number of hydrogen-bond donors (Lipinski definition) is 2. The summed E-state index contributed by atoms with van der Waals surface area (Å²) >= 11 is 0. The average molecular weight is 256 g/mol. The van der Waals surface area contributed by atoms with Gasteiger partial charge in [-0.1, -0.05) is 5.16 Å². The third-order valence-corrected chi connectivity index (χ3v) is 3.58. The highest BCUT2D eigenvalue weighted by atomic mass is 16.4. The number of amidine groups is 1. The van der Waals surface area contributed by atoms with E-state index < -0.39 is 5.41 Å². The molecule has 0 spiro atoms. The lowest BCUT2D eigenvalue weighted by atomic mass is 9.90. The molecule has 18 heavy (non-hydrogen) atoms. The Morgan fingerprint density at radius 1 is 1.44 bits per heavy atom. The van der Waals surface area contributed by atoms with Gasteiger partial charge in [-0.05, 0) is 39.8 Å². The quantitative estimate of drug-likeness (QED) is 0.321. The van der Waals surface area contributed by atoms with E-state index in [2.05, 4.69) is 10.1 Å². The number of likely N-dealkylation sites (tertiary alicyclic amines) is 1. The first-order valence-corrected chi connectivity index (χ1v) is 6.35. The summed E-state index contributed by atoms with van der Waals surface area (Å²) in [5.41, 5.74) is 4.59. The van der Waals surface area contributed by atoms with Crippen LogP contribution in [0, 0.1) is 5.41 Å². The fourth-order valence-electron chi connectivity index (χ4n) is 2.11. The van der Waals surface area contributed by atoms with Crippen molar-refractivity contribution in [2.75, 3.05) is 33.2 Å². The van der Waals surface area contributed by atoms with Crippen molar-refractivity contribution in [3.63, 3.8) is 0 Å². The summed E-state index contributed by atoms with van der Waals surface area (Å²) in [6.07, 6.45) is 2.49. The monoisotopic (exact) mass is 256 g/mol. The first-order valence-electron chi connectivity index (χ1n) is 6.35. The number of likely N-dealkylation sites (N-methyl/N-ethyl adjacent to an activating group) is 1. The lowest BCUT2D eigenvalue weighted by molar-refractivity contribution is -0.135. The Morgan fingerprint density at radius 2 is 2.00 bits per heavy atom. The number of oxime groups is 1. The Hall–Kier alpha value is -1.30. The zero-order valence-electron chi connectivity index (χ0n) is 11.5. The molecule has 1 rings (SSSR count). The standard InChI is InChI=1S/C12H24N4O2/c1-12(2,10(13)14-18)11(17)15(3)8-9-16-6-4-5-7-16/h18H,4-9H2,1-3H3,(H2,13,14). The van der Waals surface area contributed by atoms with Crippen molar-refractivity contribution in [2.24, 2.45) is 16.3 Å². The SMILES string of the molecule is CN(CCN1CCCC1)C(=O)C(C)(C)C(N)=NO. The van der Waals surface area contributed by atoms with Crippen LogP contribution in [0.25, 0.3) is 0 Å². The van der Waals surface area contributed by atoms with E-state index in [1.165, 1.54) is 12.8 Å². The lowest BCUT2D eigenvalue weighted by Crippen LogP contribution is -2.48. The molecule has 1 amide bonds. The minimum absolute atomic E-state index is 0.0551. The fraction of sp³-hybridized carbons (Fsp3) is 0.833. The van der Waals surface area contributed by atoms with E-state index in [9.17, 15) is 4.79 Å². The summed E-state index contributed by atoms with van der Waals surface area (Å²) in [5, 5.41) is 11.6. The molecule has 1 saturated heterocycles. The van der Waals surface area contributed by atoms with Gasteiger partial charge in [0.05, 0.1) is 0 Å². The van der Waals surface area contributed by atoms with Crippen molar-refractivity contribution in [3.05, 3.63) is 0 Å². The molecule has 3 N–H and O–H groups in total. The molecule has 1 fully saturated rings. The second-order valence-corrected chi connectivity index (χ2v) is 5.39. The molecule has 0 aromatic carbocycles. The molecule has 0 atom stereocenters. The molecule has 0 bridgehead atoms. The number of carbonyl (C=O) groups is 1. The van der Waals surface area contributed by atoms with Crippen molar-refractivity contribution in [1.29, 1.82) is 0 Å². The topological polar surface area (TPSA) is 82.2 Å². The molecule has 104 valence electrons. The molecule has 1 aliphatic rings. The summed E-state index contributed by atoms with van der Waals surface area (Å²) in [4.78, 5) is 16.2. The Morgan fingerprint density at radius 3 is 2.50 bits per heavy atom. The van der Waals surface area contributed by atoms with Gasteiger partial charge in [-0.25, -0.2) is 0 Å². The van der Waals surface area contributed by atoms with Crippen LogP contribution in [0.1, 0.15) is 26.7 Å². The molecule has 0 aromatic rings. The molecule has 0 aromatic heterocycles. The van der Waals surface area contributed by atoms with E-state index in [0.29, 0.717) is 6.54 Å². The molecule has 0 radical (unpaired) electrons. The first kappa shape index (κ1) is 14.8. The van der Waals surface area contributed by atoms with Crippen LogP contribution in [-0.2, 0) is 4.79 Å². The molecule has 6 nitrogen and oxygen atoms in total. The predicted octanol–water partition coefficient (Wildman–Crippen LogP) is 0.313. The fourth-order valence-corrected chi connectivity index (χ4v) is 2.11. The van der Waals surface area contributed by atoms with Gasteiger partial charge in [0.2, 0.25) is 5.91 Å². The summed E-state index contributed by atoms with van der Waals surface area (Å²) in [5.74, 6) is -0.183. The van der Waals surface area contributed by atoms with Crippen LogP contribution in [0.2, 0.25) is 0 Å². The maximum absolute atomic E-state index is 12.2. The highest BCUT2D eigenvalue weighted by molar-refractivity contribution is 6.05. The van der Waals surface area contributed by atoms with Gasteiger partial charge in [0, 0.05) is 20.1 Å². The van der Waals surface area contributed by atoms with E-state index in [1.807, 2.05) is 0 Å². The zero-order chi connectivity index (χ0) is 13.8. The maximum Gasteiger partial charge on any atom is 0.235 e. The van der Waals surface area contributed by atoms with Gasteiger partial charge in [0.15, 0.2) is 5.84 Å². The van der Waals surface area contributed by atoms with Gasteiger partial charge in [0.25, 0.3) is 0 Å². The van der Waals surface area contributed by atoms with E-state index in [0.717, 1.165) is 19.6 Å². The van der Waals surface area contributed by atoms with Crippen molar-refractivity contribution in [2.45, 2.75) is 26.7 Å². The molecule has 1 aliphatic heterocycles. The first-order chi connectivity index (χ1) is 8.39. The Bertz CT molecular complexity index is 322. The van der Waals surface area contributed by atoms with E-state index in [1.54, 1.807) is 25.8 Å². The van der Waals surface area contributed by atoms with Gasteiger partial charge in [0.1, 0.15) is 5.41 Å². The molecule has 1 heterocycles. The van der Waals surface area contributed by atoms with Crippen LogP contribution < -0.4 is 5.73 Å². The normalized spacial score (nSPS) is 18.1. The molecule has 0 saturated carbocycles. The van der Waals surface area contributed by atoms with Crippen LogP contribution in [0.4, 0.5) is 0 Å².